The molecule has 9 nitrogen and oxygen atoms in total. The fourth-order valence-electron chi connectivity index (χ4n) is 5.27. The zero-order chi connectivity index (χ0) is 29.9. The summed E-state index contributed by atoms with van der Waals surface area (Å²) in [5, 5.41) is 13.3. The Bertz CT molecular complexity index is 1300. The van der Waals surface area contributed by atoms with Crippen LogP contribution in [0.4, 0.5) is 11.8 Å². The number of nitrogens with one attached hydrogen (secondary N) is 1. The molecule has 1 fully saturated rings. The second kappa shape index (κ2) is 15.5. The molecule has 226 valence electrons. The number of anilines is 2. The number of ether oxygens (including phenoxy) is 2. The van der Waals surface area contributed by atoms with Gasteiger partial charge in [0.05, 0.1) is 25.7 Å². The first kappa shape index (κ1) is 31.3. The molecule has 0 unspecified atom stereocenters. The van der Waals surface area contributed by atoms with Gasteiger partial charge in [-0.1, -0.05) is 55.8 Å². The van der Waals surface area contributed by atoms with Crippen LogP contribution in [0.3, 0.4) is 0 Å². The van der Waals surface area contributed by atoms with Gasteiger partial charge in [-0.25, -0.2) is 4.98 Å². The average Bonchev–Trinajstić information content (AvgIpc) is 2.98. The molecule has 2 heterocycles. The SMILES string of the molecule is CCC[C@@H](CO)Nc1nc(N)nc(C)c1Cc1ccc(CC(=O)OCC2CCN(C)CC2)cc1OCc1ccccc1. The number of aliphatic hydroxyl groups excluding tert-OH is 1. The topological polar surface area (TPSA) is 123 Å². The molecule has 0 aliphatic carbocycles. The summed E-state index contributed by atoms with van der Waals surface area (Å²) in [6.07, 6.45) is 4.50. The molecule has 2 aromatic carbocycles. The summed E-state index contributed by atoms with van der Waals surface area (Å²) in [7, 11) is 2.13. The summed E-state index contributed by atoms with van der Waals surface area (Å²) in [5.74, 6) is 1.68. The van der Waals surface area contributed by atoms with Gasteiger partial charge in [-0.2, -0.15) is 4.98 Å². The molecule has 0 bridgehead atoms. The Morgan fingerprint density at radius 3 is 2.62 bits per heavy atom. The number of carbonyl (C=O) groups is 1. The van der Waals surface area contributed by atoms with E-state index in [1.54, 1.807) is 0 Å². The van der Waals surface area contributed by atoms with Crippen LogP contribution in [0.5, 0.6) is 5.75 Å². The van der Waals surface area contributed by atoms with Gasteiger partial charge in [0.25, 0.3) is 0 Å². The number of aryl methyl sites for hydroxylation is 1. The van der Waals surface area contributed by atoms with Crippen LogP contribution < -0.4 is 15.8 Å². The summed E-state index contributed by atoms with van der Waals surface area (Å²) in [6.45, 7) is 6.93. The van der Waals surface area contributed by atoms with E-state index in [4.69, 9.17) is 15.2 Å². The van der Waals surface area contributed by atoms with E-state index in [2.05, 4.69) is 34.2 Å². The van der Waals surface area contributed by atoms with Gasteiger partial charge in [0.15, 0.2) is 0 Å². The minimum Gasteiger partial charge on any atom is -0.489 e. The van der Waals surface area contributed by atoms with Crippen LogP contribution >= 0.6 is 0 Å². The largest absolute Gasteiger partial charge is 0.489 e. The van der Waals surface area contributed by atoms with Gasteiger partial charge >= 0.3 is 5.97 Å². The lowest BCUT2D eigenvalue weighted by Gasteiger charge is -2.28. The fourth-order valence-corrected chi connectivity index (χ4v) is 5.27. The Balaban J connectivity index is 1.54. The molecular formula is C33H45N5O4. The maximum atomic E-state index is 12.8. The highest BCUT2D eigenvalue weighted by Crippen LogP contribution is 2.29. The molecule has 1 atom stereocenters. The molecule has 1 aliphatic heterocycles. The molecule has 4 N–H and O–H groups in total. The second-order valence-corrected chi connectivity index (χ2v) is 11.3. The van der Waals surface area contributed by atoms with E-state index in [0.717, 1.165) is 66.7 Å². The average molecular weight is 576 g/mol. The summed E-state index contributed by atoms with van der Waals surface area (Å²) in [6, 6.07) is 15.7. The standard InChI is InChI=1S/C33H45N5O4/c1-4-8-28(20-39)36-32-29(23(2)35-33(34)37-32)19-27-12-11-26(17-30(27)41-21-24-9-6-5-7-10-24)18-31(40)42-22-25-13-15-38(3)16-14-25/h5-7,9-12,17,25,28,39H,4,8,13-16,18-22H2,1-3H3,(H3,34,35,36,37)/t28-/m0/s1. The normalized spacial score (nSPS) is 14.9. The van der Waals surface area contributed by atoms with Crippen molar-refractivity contribution in [1.82, 2.24) is 14.9 Å². The number of nitrogens with zero attached hydrogens (tertiary/aromatic N) is 3. The lowest BCUT2D eigenvalue weighted by molar-refractivity contribution is -0.144. The first-order valence-corrected chi connectivity index (χ1v) is 15.0. The van der Waals surface area contributed by atoms with E-state index < -0.39 is 0 Å². The number of likely N-dealkylation sites (tertiary alicyclic amines) is 1. The van der Waals surface area contributed by atoms with Crippen LogP contribution in [-0.4, -0.2) is 65.3 Å². The van der Waals surface area contributed by atoms with Crippen molar-refractivity contribution in [3.63, 3.8) is 0 Å². The van der Waals surface area contributed by atoms with Crippen molar-refractivity contribution < 1.29 is 19.4 Å². The van der Waals surface area contributed by atoms with Crippen LogP contribution in [0, 0.1) is 12.8 Å². The number of hydrogen-bond acceptors (Lipinski definition) is 9. The van der Waals surface area contributed by atoms with Gasteiger partial charge in [0.1, 0.15) is 18.2 Å². The van der Waals surface area contributed by atoms with Gasteiger partial charge in [0, 0.05) is 17.7 Å². The van der Waals surface area contributed by atoms with Crippen molar-refractivity contribution in [3.8, 4) is 5.75 Å². The third-order valence-corrected chi connectivity index (χ3v) is 7.83. The third kappa shape index (κ3) is 9.16. The van der Waals surface area contributed by atoms with Crippen molar-refractivity contribution in [2.75, 3.05) is 44.4 Å². The molecule has 3 aromatic rings. The molecule has 1 aliphatic rings. The molecule has 0 spiro atoms. The monoisotopic (exact) mass is 575 g/mol. The Morgan fingerprint density at radius 2 is 1.90 bits per heavy atom. The van der Waals surface area contributed by atoms with Gasteiger partial charge in [0.2, 0.25) is 5.95 Å². The van der Waals surface area contributed by atoms with Gasteiger partial charge in [-0.3, -0.25) is 4.79 Å². The van der Waals surface area contributed by atoms with Crippen LogP contribution in [0.25, 0.3) is 0 Å². The Labute approximate surface area is 249 Å². The Kier molecular flexibility index (Phi) is 11.5. The van der Waals surface area contributed by atoms with Crippen LogP contribution in [-0.2, 0) is 29.0 Å². The Hall–Kier alpha value is -3.69. The number of esters is 1. The summed E-state index contributed by atoms with van der Waals surface area (Å²) in [5.41, 5.74) is 10.5. The summed E-state index contributed by atoms with van der Waals surface area (Å²) >= 11 is 0. The maximum Gasteiger partial charge on any atom is 0.310 e. The molecule has 42 heavy (non-hydrogen) atoms. The van der Waals surface area contributed by atoms with Crippen molar-refractivity contribution in [2.24, 2.45) is 5.92 Å². The molecular weight excluding hydrogens is 530 g/mol. The van der Waals surface area contributed by atoms with Crippen molar-refractivity contribution in [2.45, 2.75) is 65.0 Å². The van der Waals surface area contributed by atoms with E-state index in [1.165, 1.54) is 0 Å². The lowest BCUT2D eigenvalue weighted by Crippen LogP contribution is -2.32. The first-order chi connectivity index (χ1) is 20.3. The number of aliphatic hydroxyl groups is 1. The Morgan fingerprint density at radius 1 is 1.14 bits per heavy atom. The van der Waals surface area contributed by atoms with E-state index in [-0.39, 0.29) is 31.0 Å². The number of benzene rings is 2. The highest BCUT2D eigenvalue weighted by Gasteiger charge is 2.20. The van der Waals surface area contributed by atoms with E-state index >= 15 is 0 Å². The minimum atomic E-state index is -0.226. The van der Waals surface area contributed by atoms with E-state index in [9.17, 15) is 9.90 Å². The zero-order valence-corrected chi connectivity index (χ0v) is 25.1. The lowest BCUT2D eigenvalue weighted by atomic mass is 9.98. The highest BCUT2D eigenvalue weighted by atomic mass is 16.5. The van der Waals surface area contributed by atoms with E-state index in [1.807, 2.05) is 55.5 Å². The molecule has 0 amide bonds. The van der Waals surface area contributed by atoms with Crippen LogP contribution in [0.2, 0.25) is 0 Å². The van der Waals surface area contributed by atoms with Gasteiger partial charge in [-0.15, -0.1) is 0 Å². The van der Waals surface area contributed by atoms with Crippen LogP contribution in [0.15, 0.2) is 48.5 Å². The van der Waals surface area contributed by atoms with Gasteiger partial charge < -0.3 is 30.5 Å². The quantitative estimate of drug-likeness (QED) is 0.238. The summed E-state index contributed by atoms with van der Waals surface area (Å²) < 4.78 is 12.0. The summed E-state index contributed by atoms with van der Waals surface area (Å²) in [4.78, 5) is 24.0. The number of piperidine rings is 1. The first-order valence-electron chi connectivity index (χ1n) is 15.0. The predicted molar refractivity (Wildman–Crippen MR) is 165 cm³/mol. The van der Waals surface area contributed by atoms with Gasteiger partial charge in [-0.05, 0) is 75.0 Å². The van der Waals surface area contributed by atoms with Crippen molar-refractivity contribution in [1.29, 1.82) is 0 Å². The number of aromatic nitrogens is 2. The smallest absolute Gasteiger partial charge is 0.310 e. The number of hydrogen-bond donors (Lipinski definition) is 3. The second-order valence-electron chi connectivity index (χ2n) is 11.3. The van der Waals surface area contributed by atoms with Crippen molar-refractivity contribution >= 4 is 17.7 Å². The highest BCUT2D eigenvalue weighted by molar-refractivity contribution is 5.73. The van der Waals surface area contributed by atoms with Crippen LogP contribution in [0.1, 0.15) is 60.6 Å². The maximum absolute atomic E-state index is 12.8. The van der Waals surface area contributed by atoms with E-state index in [0.29, 0.717) is 37.1 Å². The minimum absolute atomic E-state index is 0.00966. The zero-order valence-electron chi connectivity index (χ0n) is 25.1. The predicted octanol–water partition coefficient (Wildman–Crippen LogP) is 4.54. The fraction of sp³-hybridized carbons (Fsp3) is 0.485. The third-order valence-electron chi connectivity index (χ3n) is 7.83. The molecule has 1 saturated heterocycles. The number of nitrogens with two attached hydrogens (primary N) is 1. The molecule has 9 heteroatoms. The molecule has 0 saturated carbocycles. The number of nitrogen functional groups attached to an aromatic ring is 1. The number of rotatable bonds is 14. The molecule has 4 rings (SSSR count). The number of carbonyl (C=O) groups excluding carboxylic acids is 1. The molecule has 1 aromatic heterocycles. The molecule has 0 radical (unpaired) electrons. The van der Waals surface area contributed by atoms with Crippen molar-refractivity contribution in [3.05, 3.63) is 76.5 Å².